The van der Waals surface area contributed by atoms with E-state index in [1.807, 2.05) is 24.1 Å². The van der Waals surface area contributed by atoms with Crippen molar-refractivity contribution in [2.45, 2.75) is 6.42 Å². The molecule has 1 aliphatic carbocycles. The van der Waals surface area contributed by atoms with Crippen molar-refractivity contribution in [1.82, 2.24) is 4.90 Å². The molecule has 0 aromatic carbocycles. The van der Waals surface area contributed by atoms with Gasteiger partial charge in [-0.3, -0.25) is 4.79 Å². The highest BCUT2D eigenvalue weighted by molar-refractivity contribution is 8.03. The summed E-state index contributed by atoms with van der Waals surface area (Å²) in [5.74, 6) is 1.18. The van der Waals surface area contributed by atoms with Gasteiger partial charge in [-0.05, 0) is 6.08 Å². The number of hydrogen-bond donors (Lipinski definition) is 0. The molecule has 11 heavy (non-hydrogen) atoms. The molecule has 0 fully saturated rings. The second-order valence-electron chi connectivity index (χ2n) is 2.71. The Labute approximate surface area is 69.9 Å². The van der Waals surface area contributed by atoms with Gasteiger partial charge < -0.3 is 4.90 Å². The van der Waals surface area contributed by atoms with Gasteiger partial charge in [0.15, 0.2) is 5.78 Å². The maximum absolute atomic E-state index is 11.3. The first-order valence-corrected chi connectivity index (χ1v) is 4.55. The molecule has 0 amide bonds. The number of allylic oxidation sites excluding steroid dienone is 3. The Morgan fingerprint density at radius 2 is 2.45 bits per heavy atom. The van der Waals surface area contributed by atoms with Crippen LogP contribution in [0.15, 0.2) is 22.8 Å². The topological polar surface area (TPSA) is 20.3 Å². The van der Waals surface area contributed by atoms with Crippen LogP contribution in [0.4, 0.5) is 0 Å². The van der Waals surface area contributed by atoms with Crippen LogP contribution in [0.2, 0.25) is 0 Å². The average molecular weight is 167 g/mol. The van der Waals surface area contributed by atoms with Crippen molar-refractivity contribution in [2.75, 3.05) is 12.9 Å². The molecule has 2 nitrogen and oxygen atoms in total. The highest BCUT2D eigenvalue weighted by Crippen LogP contribution is 2.34. The summed E-state index contributed by atoms with van der Waals surface area (Å²) >= 11 is 1.74. The van der Waals surface area contributed by atoms with Crippen molar-refractivity contribution >= 4 is 17.5 Å². The van der Waals surface area contributed by atoms with Crippen molar-refractivity contribution in [3.05, 3.63) is 22.8 Å². The molecule has 0 aromatic heterocycles. The first kappa shape index (κ1) is 6.98. The van der Waals surface area contributed by atoms with Gasteiger partial charge in [-0.15, -0.1) is 11.8 Å². The fourth-order valence-electron chi connectivity index (χ4n) is 1.33. The highest BCUT2D eigenvalue weighted by Gasteiger charge is 2.25. The van der Waals surface area contributed by atoms with Gasteiger partial charge in [-0.2, -0.15) is 0 Å². The lowest BCUT2D eigenvalue weighted by molar-refractivity contribution is -0.116. The lowest BCUT2D eigenvalue weighted by Crippen LogP contribution is -2.20. The van der Waals surface area contributed by atoms with Crippen LogP contribution in [-0.2, 0) is 4.79 Å². The summed E-state index contributed by atoms with van der Waals surface area (Å²) in [7, 11) is 1.96. The zero-order valence-corrected chi connectivity index (χ0v) is 7.15. The third-order valence-corrected chi connectivity index (χ3v) is 3.02. The highest BCUT2D eigenvalue weighted by atomic mass is 32.2. The number of thioether (sulfide) groups is 1. The first-order valence-electron chi connectivity index (χ1n) is 3.57. The number of hydrogen-bond acceptors (Lipinski definition) is 3. The molecule has 3 heteroatoms. The zero-order valence-electron chi connectivity index (χ0n) is 6.33. The Morgan fingerprint density at radius 1 is 1.64 bits per heavy atom. The largest absolute Gasteiger partial charge is 0.361 e. The monoisotopic (exact) mass is 167 g/mol. The molecule has 0 spiro atoms. The molecule has 1 aliphatic heterocycles. The van der Waals surface area contributed by atoms with Crippen LogP contribution in [0.1, 0.15) is 6.42 Å². The summed E-state index contributed by atoms with van der Waals surface area (Å²) in [6.07, 6.45) is 4.56. The maximum atomic E-state index is 11.3. The Kier molecular flexibility index (Phi) is 1.53. The van der Waals surface area contributed by atoms with Crippen LogP contribution in [0.25, 0.3) is 0 Å². The van der Waals surface area contributed by atoms with Gasteiger partial charge in [-0.25, -0.2) is 0 Å². The van der Waals surface area contributed by atoms with E-state index >= 15 is 0 Å². The van der Waals surface area contributed by atoms with Gasteiger partial charge >= 0.3 is 0 Å². The molecule has 58 valence electrons. The zero-order chi connectivity index (χ0) is 7.84. The minimum atomic E-state index is 0.259. The van der Waals surface area contributed by atoms with Crippen molar-refractivity contribution in [3.63, 3.8) is 0 Å². The smallest absolute Gasteiger partial charge is 0.183 e. The van der Waals surface area contributed by atoms with Gasteiger partial charge in [-0.1, -0.05) is 6.08 Å². The van der Waals surface area contributed by atoms with Crippen LogP contribution < -0.4 is 0 Å². The molecule has 0 N–H and O–H groups in total. The van der Waals surface area contributed by atoms with Crippen LogP contribution in [-0.4, -0.2) is 23.6 Å². The van der Waals surface area contributed by atoms with Gasteiger partial charge in [0, 0.05) is 18.4 Å². The SMILES string of the molecule is CN1CSC2=C1C(=O)CC=C2. The second-order valence-corrected chi connectivity index (χ2v) is 3.70. The summed E-state index contributed by atoms with van der Waals surface area (Å²) in [6, 6.07) is 0. The molecule has 0 aromatic rings. The quantitative estimate of drug-likeness (QED) is 0.543. The predicted octanol–water partition coefficient (Wildman–Crippen LogP) is 1.36. The Balaban J connectivity index is 2.41. The molecule has 0 unspecified atom stereocenters. The van der Waals surface area contributed by atoms with Crippen molar-refractivity contribution in [1.29, 1.82) is 0 Å². The van der Waals surface area contributed by atoms with Gasteiger partial charge in [0.05, 0.1) is 11.6 Å². The normalized spacial score (nSPS) is 23.0. The van der Waals surface area contributed by atoms with E-state index < -0.39 is 0 Å². The summed E-state index contributed by atoms with van der Waals surface area (Å²) < 4.78 is 0. The van der Waals surface area contributed by atoms with Crippen molar-refractivity contribution < 1.29 is 4.79 Å². The molecule has 2 rings (SSSR count). The van der Waals surface area contributed by atoms with E-state index in [-0.39, 0.29) is 5.78 Å². The van der Waals surface area contributed by atoms with E-state index in [4.69, 9.17) is 0 Å². The van der Waals surface area contributed by atoms with Crippen molar-refractivity contribution in [3.8, 4) is 0 Å². The number of carbonyl (C=O) groups excluding carboxylic acids is 1. The van der Waals surface area contributed by atoms with Crippen LogP contribution in [0.3, 0.4) is 0 Å². The molecule has 0 saturated heterocycles. The summed E-state index contributed by atoms with van der Waals surface area (Å²) in [5, 5.41) is 0. The van der Waals surface area contributed by atoms with E-state index in [0.717, 1.165) is 16.5 Å². The second kappa shape index (κ2) is 2.41. The lowest BCUT2D eigenvalue weighted by atomic mass is 10.1. The molecule has 0 saturated carbocycles. The number of ketones is 1. The maximum Gasteiger partial charge on any atom is 0.183 e. The van der Waals surface area contributed by atoms with Gasteiger partial charge in [0.1, 0.15) is 0 Å². The first-order chi connectivity index (χ1) is 5.29. The minimum absolute atomic E-state index is 0.259. The van der Waals surface area contributed by atoms with E-state index in [0.29, 0.717) is 6.42 Å². The standard InChI is InChI=1S/C8H9NOS/c1-9-5-11-7-4-2-3-6(10)8(7)9/h2,4H,3,5H2,1H3. The summed E-state index contributed by atoms with van der Waals surface area (Å²) in [6.45, 7) is 0. The third-order valence-electron chi connectivity index (χ3n) is 1.87. The fraction of sp³-hybridized carbons (Fsp3) is 0.375. The van der Waals surface area contributed by atoms with Crippen LogP contribution in [0, 0.1) is 0 Å². The summed E-state index contributed by atoms with van der Waals surface area (Å²) in [5.41, 5.74) is 0.914. The average Bonchev–Trinajstić information content (AvgIpc) is 2.34. The minimum Gasteiger partial charge on any atom is -0.361 e. The summed E-state index contributed by atoms with van der Waals surface area (Å²) in [4.78, 5) is 14.5. The van der Waals surface area contributed by atoms with Crippen molar-refractivity contribution in [2.24, 2.45) is 0 Å². The molecular weight excluding hydrogens is 158 g/mol. The van der Waals surface area contributed by atoms with Gasteiger partial charge in [0.25, 0.3) is 0 Å². The number of carbonyl (C=O) groups is 1. The third kappa shape index (κ3) is 0.997. The Morgan fingerprint density at radius 3 is 3.18 bits per heavy atom. The predicted molar refractivity (Wildman–Crippen MR) is 46.0 cm³/mol. The fourth-order valence-corrected chi connectivity index (χ4v) is 2.40. The van der Waals surface area contributed by atoms with Gasteiger partial charge in [0.2, 0.25) is 0 Å². The van der Waals surface area contributed by atoms with E-state index in [1.165, 1.54) is 0 Å². The number of likely N-dealkylation sites (N-methyl/N-ethyl adjacent to an activating group) is 1. The van der Waals surface area contributed by atoms with Crippen LogP contribution in [0.5, 0.6) is 0 Å². The van der Waals surface area contributed by atoms with E-state index in [1.54, 1.807) is 11.8 Å². The molecule has 1 heterocycles. The molecule has 0 atom stereocenters. The number of Topliss-reactive ketones (excluding diaryl/α,β-unsaturated/α-hetero) is 1. The molecular formula is C8H9NOS. The Bertz CT molecular complexity index is 267. The molecule has 2 aliphatic rings. The number of nitrogens with zero attached hydrogens (tertiary/aromatic N) is 1. The van der Waals surface area contributed by atoms with E-state index in [9.17, 15) is 4.79 Å². The molecule has 0 radical (unpaired) electrons. The molecule has 0 bridgehead atoms. The Hall–Kier alpha value is -0.700. The van der Waals surface area contributed by atoms with Crippen LogP contribution >= 0.6 is 11.8 Å². The van der Waals surface area contributed by atoms with E-state index in [2.05, 4.69) is 0 Å². The lowest BCUT2D eigenvalue weighted by Gasteiger charge is -2.14. The number of rotatable bonds is 0.